The van der Waals surface area contributed by atoms with Gasteiger partial charge in [0.05, 0.1) is 39.6 Å². The van der Waals surface area contributed by atoms with E-state index in [1.54, 1.807) is 12.3 Å². The molecule has 0 fully saturated rings. The lowest BCUT2D eigenvalue weighted by atomic mass is 10.0. The van der Waals surface area contributed by atoms with E-state index < -0.39 is 4.92 Å². The molecule has 6 aromatic rings. The highest BCUT2D eigenvalue weighted by molar-refractivity contribution is 6.33. The molecule has 0 aliphatic carbocycles. The second-order valence-electron chi connectivity index (χ2n) is 7.88. The van der Waals surface area contributed by atoms with Gasteiger partial charge in [0, 0.05) is 45.7 Å². The van der Waals surface area contributed by atoms with Gasteiger partial charge in [-0.1, -0.05) is 41.9 Å². The Kier molecular flexibility index (Phi) is 4.93. The van der Waals surface area contributed by atoms with Crippen molar-refractivity contribution in [3.63, 3.8) is 0 Å². The van der Waals surface area contributed by atoms with Gasteiger partial charge in [0.25, 0.3) is 5.69 Å². The van der Waals surface area contributed by atoms with Crippen molar-refractivity contribution in [3.05, 3.63) is 107 Å². The van der Waals surface area contributed by atoms with Crippen molar-refractivity contribution >= 4 is 39.1 Å². The fraction of sp³-hybridized carbons (Fsp3) is 0. The summed E-state index contributed by atoms with van der Waals surface area (Å²) in [7, 11) is 0. The van der Waals surface area contributed by atoms with Crippen LogP contribution in [0.4, 0.5) is 5.69 Å². The van der Waals surface area contributed by atoms with Gasteiger partial charge in [-0.05, 0) is 30.3 Å². The molecule has 0 aliphatic heterocycles. The van der Waals surface area contributed by atoms with Crippen molar-refractivity contribution in [3.8, 4) is 28.2 Å². The van der Waals surface area contributed by atoms with Crippen LogP contribution in [0.25, 0.3) is 50.0 Å². The Morgan fingerprint density at radius 3 is 2.40 bits per heavy atom. The largest absolute Gasteiger partial charge is 0.324 e. The molecule has 0 spiro atoms. The second-order valence-corrected chi connectivity index (χ2v) is 8.28. The van der Waals surface area contributed by atoms with Gasteiger partial charge in [-0.3, -0.25) is 15.1 Å². The number of hydrogen-bond donors (Lipinski definition) is 0. The number of fused-ring (bicyclic) bond motifs is 3. The fourth-order valence-electron chi connectivity index (χ4n) is 4.14. The number of nitrogens with zero attached hydrogens (tertiary/aromatic N) is 6. The quantitative estimate of drug-likeness (QED) is 0.219. The molecule has 168 valence electrons. The van der Waals surface area contributed by atoms with Crippen LogP contribution in [0.3, 0.4) is 0 Å². The van der Waals surface area contributed by atoms with Gasteiger partial charge in [-0.15, -0.1) is 5.10 Å². The average molecular weight is 479 g/mol. The normalized spacial score (nSPS) is 11.2. The van der Waals surface area contributed by atoms with E-state index in [4.69, 9.17) is 21.6 Å². The van der Waals surface area contributed by atoms with Gasteiger partial charge in [0.2, 0.25) is 0 Å². The molecule has 6 rings (SSSR count). The summed E-state index contributed by atoms with van der Waals surface area (Å²) < 4.78 is 2.01. The molecule has 3 heterocycles. The highest BCUT2D eigenvalue weighted by atomic mass is 35.5. The van der Waals surface area contributed by atoms with Crippen LogP contribution < -0.4 is 0 Å². The molecular formula is C26H15ClN6O2. The van der Waals surface area contributed by atoms with E-state index in [1.165, 1.54) is 12.3 Å². The summed E-state index contributed by atoms with van der Waals surface area (Å²) in [5.74, 6) is 0. The van der Waals surface area contributed by atoms with Gasteiger partial charge in [0.1, 0.15) is 0 Å². The summed E-state index contributed by atoms with van der Waals surface area (Å²) in [4.78, 5) is 21.0. The summed E-state index contributed by atoms with van der Waals surface area (Å²) in [6, 6.07) is 20.5. The Morgan fingerprint density at radius 1 is 0.886 bits per heavy atom. The number of rotatable bonds is 4. The zero-order chi connectivity index (χ0) is 23.9. The van der Waals surface area contributed by atoms with E-state index in [9.17, 15) is 10.1 Å². The molecule has 3 aromatic carbocycles. The first-order valence-corrected chi connectivity index (χ1v) is 11.1. The maximum absolute atomic E-state index is 11.8. The van der Waals surface area contributed by atoms with Crippen LogP contribution in [0, 0.1) is 10.1 Å². The molecule has 0 aliphatic rings. The molecule has 9 heteroatoms. The van der Waals surface area contributed by atoms with Gasteiger partial charge in [-0.2, -0.15) is 5.10 Å². The zero-order valence-electron chi connectivity index (χ0n) is 18.0. The van der Waals surface area contributed by atoms with Crippen LogP contribution in [0.5, 0.6) is 0 Å². The molecular weight excluding hydrogens is 464 g/mol. The predicted octanol–water partition coefficient (Wildman–Crippen LogP) is 6.26. The van der Waals surface area contributed by atoms with E-state index in [0.29, 0.717) is 38.3 Å². The standard InChI is InChI=1S/C26H15ClN6O2/c27-21-6-2-1-5-18(21)25-19-13-23(33(34)35)26-20(14-29-31-26)24(19)28-15-22(30-25)16-7-9-17(10-8-16)32-11-3-4-12-32/h1-15H. The average Bonchev–Trinajstić information content (AvgIpc) is 3.54. The van der Waals surface area contributed by atoms with Crippen LogP contribution in [0.2, 0.25) is 5.02 Å². The number of halogens is 1. The Bertz CT molecular complexity index is 1730. The number of benzene rings is 3. The summed E-state index contributed by atoms with van der Waals surface area (Å²) in [6.07, 6.45) is 7.09. The lowest BCUT2D eigenvalue weighted by Gasteiger charge is -2.07. The van der Waals surface area contributed by atoms with E-state index in [0.717, 1.165) is 11.3 Å². The first kappa shape index (κ1) is 20.9. The molecule has 35 heavy (non-hydrogen) atoms. The molecule has 0 saturated carbocycles. The minimum atomic E-state index is -0.472. The summed E-state index contributed by atoms with van der Waals surface area (Å²) in [5.41, 5.74) is 4.10. The molecule has 0 atom stereocenters. The first-order chi connectivity index (χ1) is 17.1. The fourth-order valence-corrected chi connectivity index (χ4v) is 4.37. The molecule has 0 radical (unpaired) electrons. The Labute approximate surface area is 203 Å². The van der Waals surface area contributed by atoms with Crippen molar-refractivity contribution < 1.29 is 4.92 Å². The lowest BCUT2D eigenvalue weighted by Crippen LogP contribution is -1.92. The highest BCUT2D eigenvalue weighted by Crippen LogP contribution is 2.37. The Balaban J connectivity index is 1.66. The minimum absolute atomic E-state index is 0.161. The van der Waals surface area contributed by atoms with E-state index in [1.807, 2.05) is 71.6 Å². The van der Waals surface area contributed by atoms with Crippen molar-refractivity contribution in [2.75, 3.05) is 0 Å². The zero-order valence-corrected chi connectivity index (χ0v) is 18.8. The minimum Gasteiger partial charge on any atom is -0.324 e. The van der Waals surface area contributed by atoms with Crippen molar-refractivity contribution in [2.45, 2.75) is 0 Å². The molecule has 0 amide bonds. The van der Waals surface area contributed by atoms with Crippen LogP contribution in [0.15, 0.2) is 91.5 Å². The van der Waals surface area contributed by atoms with E-state index in [2.05, 4.69) is 10.2 Å². The maximum atomic E-state index is 11.8. The van der Waals surface area contributed by atoms with Crippen molar-refractivity contribution in [2.24, 2.45) is 0 Å². The third kappa shape index (κ3) is 3.56. The molecule has 0 saturated heterocycles. The van der Waals surface area contributed by atoms with E-state index in [-0.39, 0.29) is 11.2 Å². The Hall–Kier alpha value is -4.69. The summed E-state index contributed by atoms with van der Waals surface area (Å²) >= 11 is 6.56. The van der Waals surface area contributed by atoms with Gasteiger partial charge in [0.15, 0.2) is 5.52 Å². The van der Waals surface area contributed by atoms with Crippen LogP contribution in [0.1, 0.15) is 0 Å². The van der Waals surface area contributed by atoms with Crippen LogP contribution >= 0.6 is 11.6 Å². The third-order valence-corrected chi connectivity index (χ3v) is 6.16. The highest BCUT2D eigenvalue weighted by Gasteiger charge is 2.22. The molecule has 0 unspecified atom stereocenters. The monoisotopic (exact) mass is 478 g/mol. The number of hydrogen-bond acceptors (Lipinski definition) is 6. The number of nitro groups is 1. The van der Waals surface area contributed by atoms with Crippen LogP contribution in [-0.4, -0.2) is 29.7 Å². The maximum Gasteiger partial charge on any atom is 0.298 e. The van der Waals surface area contributed by atoms with Gasteiger partial charge in [-0.25, -0.2) is 4.98 Å². The van der Waals surface area contributed by atoms with E-state index >= 15 is 0 Å². The smallest absolute Gasteiger partial charge is 0.298 e. The second kappa shape index (κ2) is 8.27. The molecule has 3 aromatic heterocycles. The lowest BCUT2D eigenvalue weighted by molar-refractivity contribution is -0.383. The van der Waals surface area contributed by atoms with Crippen molar-refractivity contribution in [1.29, 1.82) is 0 Å². The predicted molar refractivity (Wildman–Crippen MR) is 134 cm³/mol. The third-order valence-electron chi connectivity index (χ3n) is 5.83. The molecule has 0 N–H and O–H groups in total. The molecule has 8 nitrogen and oxygen atoms in total. The van der Waals surface area contributed by atoms with Crippen molar-refractivity contribution in [1.82, 2.24) is 24.7 Å². The molecule has 0 bridgehead atoms. The number of non-ortho nitro benzene ring substituents is 1. The topological polar surface area (TPSA) is 99.6 Å². The number of nitro benzene ring substituents is 1. The SMILES string of the molecule is O=[N+]([O-])c1cc2c(-c3ccccc3Cl)nc(-c3ccc(-n4cccc4)cc3)cnc2c2cnnc12. The number of aromatic nitrogens is 5. The summed E-state index contributed by atoms with van der Waals surface area (Å²) in [6.45, 7) is 0. The van der Waals surface area contributed by atoms with Gasteiger partial charge < -0.3 is 4.57 Å². The van der Waals surface area contributed by atoms with Crippen LogP contribution in [-0.2, 0) is 0 Å². The van der Waals surface area contributed by atoms with Gasteiger partial charge >= 0.3 is 0 Å². The Morgan fingerprint density at radius 2 is 1.66 bits per heavy atom. The summed E-state index contributed by atoms with van der Waals surface area (Å²) in [5, 5.41) is 21.2. The first-order valence-electron chi connectivity index (χ1n) is 10.7.